The van der Waals surface area contributed by atoms with Gasteiger partial charge in [-0.3, -0.25) is 13.9 Å². The van der Waals surface area contributed by atoms with Gasteiger partial charge in [-0.15, -0.1) is 0 Å². The monoisotopic (exact) mass is 647 g/mol. The van der Waals surface area contributed by atoms with Gasteiger partial charge in [0.25, 0.3) is 10.0 Å². The maximum absolute atomic E-state index is 15.0. The molecule has 4 rings (SSSR count). The molecule has 0 fully saturated rings. The molecule has 4 aromatic rings. The van der Waals surface area contributed by atoms with Crippen molar-refractivity contribution in [3.63, 3.8) is 0 Å². The van der Waals surface area contributed by atoms with Gasteiger partial charge in [0.15, 0.2) is 0 Å². The van der Waals surface area contributed by atoms with Crippen molar-refractivity contribution in [1.82, 2.24) is 10.2 Å². The van der Waals surface area contributed by atoms with Crippen molar-refractivity contribution >= 4 is 27.5 Å². The van der Waals surface area contributed by atoms with E-state index < -0.39 is 40.2 Å². The largest absolute Gasteiger partial charge is 0.497 e. The molecule has 46 heavy (non-hydrogen) atoms. The van der Waals surface area contributed by atoms with E-state index >= 15 is 4.39 Å². The number of nitrogens with zero attached hydrogens (tertiary/aromatic N) is 2. The van der Waals surface area contributed by atoms with Crippen molar-refractivity contribution in [1.29, 1.82) is 0 Å². The highest BCUT2D eigenvalue weighted by Gasteiger charge is 2.35. The summed E-state index contributed by atoms with van der Waals surface area (Å²) in [5, 5.41) is 2.87. The van der Waals surface area contributed by atoms with Crippen molar-refractivity contribution < 1.29 is 31.9 Å². The Morgan fingerprint density at radius 3 is 2.15 bits per heavy atom. The number of amides is 2. The molecule has 0 spiro atoms. The lowest BCUT2D eigenvalue weighted by molar-refractivity contribution is -0.140. The number of sulfonamides is 1. The summed E-state index contributed by atoms with van der Waals surface area (Å²) in [5.74, 6) is -1.03. The van der Waals surface area contributed by atoms with Crippen molar-refractivity contribution in [2.75, 3.05) is 31.6 Å². The average molecular weight is 648 g/mol. The van der Waals surface area contributed by atoms with Gasteiger partial charge in [0.05, 0.1) is 24.8 Å². The number of nitrogens with one attached hydrogen (secondary N) is 1. The minimum Gasteiger partial charge on any atom is -0.497 e. The molecule has 0 saturated carbocycles. The smallest absolute Gasteiger partial charge is 0.264 e. The van der Waals surface area contributed by atoms with E-state index in [1.807, 2.05) is 37.3 Å². The molecule has 242 valence electrons. The number of methoxy groups -OCH3 is 2. The first-order valence-electron chi connectivity index (χ1n) is 14.8. The molecule has 0 aromatic heterocycles. The second-order valence-electron chi connectivity index (χ2n) is 10.5. The summed E-state index contributed by atoms with van der Waals surface area (Å²) in [7, 11) is -1.50. The van der Waals surface area contributed by atoms with E-state index in [-0.39, 0.29) is 34.9 Å². The fourth-order valence-electron chi connectivity index (χ4n) is 4.95. The first kappa shape index (κ1) is 34.0. The SMILES string of the molecule is CCCNC(=O)[C@@H](Cc1ccccc1)N(Cc1ccccc1F)C(=O)CN(c1ccccc1OC)S(=O)(=O)c1ccc(OC)cc1. The maximum atomic E-state index is 15.0. The van der Waals surface area contributed by atoms with E-state index in [0.29, 0.717) is 18.7 Å². The van der Waals surface area contributed by atoms with Gasteiger partial charge in [0.1, 0.15) is 29.9 Å². The van der Waals surface area contributed by atoms with E-state index in [1.165, 1.54) is 67.7 Å². The van der Waals surface area contributed by atoms with Gasteiger partial charge in [-0.25, -0.2) is 12.8 Å². The van der Waals surface area contributed by atoms with Crippen LogP contribution in [0.15, 0.2) is 108 Å². The molecular formula is C35H38FN3O6S. The van der Waals surface area contributed by atoms with Gasteiger partial charge in [-0.1, -0.05) is 67.6 Å². The molecule has 1 N–H and O–H groups in total. The number of hydrogen-bond acceptors (Lipinski definition) is 6. The highest BCUT2D eigenvalue weighted by molar-refractivity contribution is 7.92. The molecule has 9 nitrogen and oxygen atoms in total. The second kappa shape index (κ2) is 15.9. The van der Waals surface area contributed by atoms with Crippen molar-refractivity contribution in [3.8, 4) is 11.5 Å². The van der Waals surface area contributed by atoms with Crippen molar-refractivity contribution in [2.45, 2.75) is 37.2 Å². The van der Waals surface area contributed by atoms with Gasteiger partial charge >= 0.3 is 0 Å². The molecule has 0 saturated heterocycles. The Morgan fingerprint density at radius 2 is 1.50 bits per heavy atom. The van der Waals surface area contributed by atoms with E-state index in [2.05, 4.69) is 5.32 Å². The molecule has 0 bridgehead atoms. The molecule has 0 aliphatic carbocycles. The number of para-hydroxylation sites is 2. The van der Waals surface area contributed by atoms with Gasteiger partial charge in [0.2, 0.25) is 11.8 Å². The quantitative estimate of drug-likeness (QED) is 0.190. The summed E-state index contributed by atoms with van der Waals surface area (Å²) in [4.78, 5) is 29.4. The summed E-state index contributed by atoms with van der Waals surface area (Å²) in [6.07, 6.45) is 0.781. The van der Waals surface area contributed by atoms with E-state index in [1.54, 1.807) is 24.3 Å². The van der Waals surface area contributed by atoms with E-state index in [4.69, 9.17) is 9.47 Å². The third-order valence-corrected chi connectivity index (χ3v) is 9.17. The number of rotatable bonds is 15. The van der Waals surface area contributed by atoms with E-state index in [9.17, 15) is 18.0 Å². The summed E-state index contributed by atoms with van der Waals surface area (Å²) in [5.41, 5.74) is 1.08. The van der Waals surface area contributed by atoms with Gasteiger partial charge < -0.3 is 19.7 Å². The Bertz CT molecular complexity index is 1720. The summed E-state index contributed by atoms with van der Waals surface area (Å²) in [6, 6.07) is 26.3. The number of anilines is 1. The second-order valence-corrected chi connectivity index (χ2v) is 12.3. The molecule has 0 radical (unpaired) electrons. The van der Waals surface area contributed by atoms with Crippen LogP contribution in [0.3, 0.4) is 0 Å². The third-order valence-electron chi connectivity index (χ3n) is 7.40. The van der Waals surface area contributed by atoms with Crippen LogP contribution in [-0.2, 0) is 32.6 Å². The third kappa shape index (κ3) is 8.22. The Hall–Kier alpha value is -4.90. The van der Waals surface area contributed by atoms with Gasteiger partial charge in [-0.05, 0) is 54.4 Å². The Kier molecular flexibility index (Phi) is 11.7. The molecular weight excluding hydrogens is 609 g/mol. The average Bonchev–Trinajstić information content (AvgIpc) is 3.08. The number of hydrogen-bond donors (Lipinski definition) is 1. The molecule has 2 amide bonds. The van der Waals surface area contributed by atoms with Gasteiger partial charge in [-0.2, -0.15) is 0 Å². The number of carbonyl (C=O) groups excluding carboxylic acids is 2. The first-order chi connectivity index (χ1) is 22.2. The predicted octanol–water partition coefficient (Wildman–Crippen LogP) is 5.20. The molecule has 0 aliphatic heterocycles. The predicted molar refractivity (Wildman–Crippen MR) is 175 cm³/mol. The maximum Gasteiger partial charge on any atom is 0.264 e. The van der Waals surface area contributed by atoms with Crippen LogP contribution in [0.25, 0.3) is 0 Å². The normalized spacial score (nSPS) is 11.7. The number of ether oxygens (including phenoxy) is 2. The molecule has 1 atom stereocenters. The Morgan fingerprint density at radius 1 is 0.848 bits per heavy atom. The first-order valence-corrected chi connectivity index (χ1v) is 16.3. The Labute approximate surface area is 269 Å². The number of benzene rings is 4. The minimum atomic E-state index is -4.36. The summed E-state index contributed by atoms with van der Waals surface area (Å²) in [6.45, 7) is 1.30. The highest BCUT2D eigenvalue weighted by Crippen LogP contribution is 2.33. The van der Waals surface area contributed by atoms with Crippen molar-refractivity contribution in [3.05, 3.63) is 120 Å². The summed E-state index contributed by atoms with van der Waals surface area (Å²) >= 11 is 0. The van der Waals surface area contributed by atoms with Crippen LogP contribution < -0.4 is 19.1 Å². The molecule has 4 aromatic carbocycles. The zero-order valence-corrected chi connectivity index (χ0v) is 26.9. The van der Waals surface area contributed by atoms with Crippen LogP contribution in [0.1, 0.15) is 24.5 Å². The fraction of sp³-hybridized carbons (Fsp3) is 0.257. The standard InChI is InChI=1S/C35H38FN3O6S/c1-4-22-37-35(41)32(23-26-12-6-5-7-13-26)38(24-27-14-8-9-15-30(27)36)34(40)25-39(31-16-10-11-17-33(31)45-3)46(42,43)29-20-18-28(44-2)19-21-29/h5-21,32H,4,22-25H2,1-3H3,(H,37,41)/t32-/m1/s1. The fourth-order valence-corrected chi connectivity index (χ4v) is 6.38. The van der Waals surface area contributed by atoms with E-state index in [0.717, 1.165) is 9.87 Å². The molecule has 0 heterocycles. The van der Waals surface area contributed by atoms with Crippen LogP contribution in [0.5, 0.6) is 11.5 Å². The molecule has 0 aliphatic rings. The topological polar surface area (TPSA) is 105 Å². The van der Waals surface area contributed by atoms with Crippen molar-refractivity contribution in [2.24, 2.45) is 0 Å². The summed E-state index contributed by atoms with van der Waals surface area (Å²) < 4.78 is 55.1. The zero-order valence-electron chi connectivity index (χ0n) is 26.1. The van der Waals surface area contributed by atoms with Crippen LogP contribution >= 0.6 is 0 Å². The van der Waals surface area contributed by atoms with Gasteiger partial charge in [0, 0.05) is 25.1 Å². The highest BCUT2D eigenvalue weighted by atomic mass is 32.2. The number of halogens is 1. The van der Waals surface area contributed by atoms with Crippen LogP contribution in [0, 0.1) is 5.82 Å². The molecule has 0 unspecified atom stereocenters. The number of carbonyl (C=O) groups is 2. The van der Waals surface area contributed by atoms with Crippen LogP contribution in [0.4, 0.5) is 10.1 Å². The lowest BCUT2D eigenvalue weighted by atomic mass is 10.0. The lowest BCUT2D eigenvalue weighted by Gasteiger charge is -2.34. The minimum absolute atomic E-state index is 0.0887. The Balaban J connectivity index is 1.83. The molecule has 11 heteroatoms. The zero-order chi connectivity index (χ0) is 33.1. The van der Waals surface area contributed by atoms with Crippen LogP contribution in [-0.4, -0.2) is 58.5 Å². The van der Waals surface area contributed by atoms with Crippen LogP contribution in [0.2, 0.25) is 0 Å². The lowest BCUT2D eigenvalue weighted by Crippen LogP contribution is -2.53.